The number of halogens is 3. The molecule has 124 valence electrons. The Balaban J connectivity index is 2.27. The summed E-state index contributed by atoms with van der Waals surface area (Å²) in [5.41, 5.74) is 0. The summed E-state index contributed by atoms with van der Waals surface area (Å²) in [5.74, 6) is -0.701. The molecule has 1 heterocycles. The van der Waals surface area contributed by atoms with E-state index in [-0.39, 0.29) is 13.1 Å². The van der Waals surface area contributed by atoms with Gasteiger partial charge in [0.25, 0.3) is 0 Å². The minimum Gasteiger partial charge on any atom is -0.404 e. The molecule has 0 aliphatic carbocycles. The van der Waals surface area contributed by atoms with Crippen LogP contribution in [0, 0.1) is 0 Å². The summed E-state index contributed by atoms with van der Waals surface area (Å²) in [6.45, 7) is 4.38. The van der Waals surface area contributed by atoms with Crippen LogP contribution < -0.4 is 4.74 Å². The molecule has 1 aromatic carbocycles. The van der Waals surface area contributed by atoms with E-state index >= 15 is 0 Å². The largest absolute Gasteiger partial charge is 0.573 e. The Labute approximate surface area is 127 Å². The van der Waals surface area contributed by atoms with Gasteiger partial charge in [-0.2, -0.15) is 4.31 Å². The van der Waals surface area contributed by atoms with Gasteiger partial charge in [0.15, 0.2) is 0 Å². The zero-order chi connectivity index (χ0) is 16.4. The summed E-state index contributed by atoms with van der Waals surface area (Å²) in [6, 6.07) is 4.80. The van der Waals surface area contributed by atoms with E-state index in [0.717, 1.165) is 18.7 Å². The van der Waals surface area contributed by atoms with E-state index in [4.69, 9.17) is 0 Å². The number of likely N-dealkylation sites (N-methyl/N-ethyl adjacent to an activating group) is 1. The molecule has 0 atom stereocenters. The van der Waals surface area contributed by atoms with E-state index in [1.165, 1.54) is 16.4 Å². The lowest BCUT2D eigenvalue weighted by Crippen LogP contribution is -2.48. The highest BCUT2D eigenvalue weighted by Crippen LogP contribution is 2.31. The average Bonchev–Trinajstić information content (AvgIpc) is 2.46. The second-order valence-corrected chi connectivity index (χ2v) is 6.74. The fourth-order valence-electron chi connectivity index (χ4n) is 2.30. The lowest BCUT2D eigenvalue weighted by atomic mass is 10.3. The Morgan fingerprint density at radius 1 is 1.14 bits per heavy atom. The number of benzene rings is 1. The van der Waals surface area contributed by atoms with Crippen molar-refractivity contribution in [3.8, 4) is 5.75 Å². The van der Waals surface area contributed by atoms with Gasteiger partial charge in [-0.1, -0.05) is 19.1 Å². The van der Waals surface area contributed by atoms with E-state index in [0.29, 0.717) is 13.1 Å². The van der Waals surface area contributed by atoms with E-state index in [1.807, 2.05) is 6.92 Å². The van der Waals surface area contributed by atoms with Gasteiger partial charge < -0.3 is 9.64 Å². The van der Waals surface area contributed by atoms with Gasteiger partial charge in [0.1, 0.15) is 10.6 Å². The molecule has 1 fully saturated rings. The number of rotatable bonds is 4. The zero-order valence-corrected chi connectivity index (χ0v) is 12.8. The molecule has 9 heteroatoms. The van der Waals surface area contributed by atoms with Gasteiger partial charge in [0.05, 0.1) is 0 Å². The molecule has 1 aliphatic rings. The van der Waals surface area contributed by atoms with Crippen molar-refractivity contribution in [1.29, 1.82) is 0 Å². The highest BCUT2D eigenvalue weighted by molar-refractivity contribution is 7.89. The second-order valence-electron chi connectivity index (χ2n) is 4.83. The van der Waals surface area contributed by atoms with E-state index < -0.39 is 27.0 Å². The predicted octanol–water partition coefficient (Wildman–Crippen LogP) is 1.91. The Kier molecular flexibility index (Phi) is 4.98. The van der Waals surface area contributed by atoms with Crippen LogP contribution in [-0.4, -0.2) is 56.7 Å². The van der Waals surface area contributed by atoms with Gasteiger partial charge in [-0.15, -0.1) is 13.2 Å². The number of hydrogen-bond acceptors (Lipinski definition) is 4. The van der Waals surface area contributed by atoms with Crippen LogP contribution in [0.2, 0.25) is 0 Å². The fraction of sp³-hybridized carbons (Fsp3) is 0.538. The number of para-hydroxylation sites is 1. The number of alkyl halides is 3. The third-order valence-electron chi connectivity index (χ3n) is 3.47. The van der Waals surface area contributed by atoms with Crippen molar-refractivity contribution in [2.75, 3.05) is 32.7 Å². The monoisotopic (exact) mass is 338 g/mol. The van der Waals surface area contributed by atoms with Gasteiger partial charge in [-0.05, 0) is 18.7 Å². The maximum atomic E-state index is 12.5. The van der Waals surface area contributed by atoms with Crippen LogP contribution in [0.5, 0.6) is 5.75 Å². The lowest BCUT2D eigenvalue weighted by molar-refractivity contribution is -0.275. The summed E-state index contributed by atoms with van der Waals surface area (Å²) in [6.07, 6.45) is -4.94. The summed E-state index contributed by atoms with van der Waals surface area (Å²) >= 11 is 0. The van der Waals surface area contributed by atoms with Crippen molar-refractivity contribution in [2.45, 2.75) is 18.2 Å². The first-order chi connectivity index (χ1) is 10.2. The summed E-state index contributed by atoms with van der Waals surface area (Å²) in [5, 5.41) is 0. The molecule has 0 N–H and O–H groups in total. The number of piperazine rings is 1. The van der Waals surface area contributed by atoms with Crippen LogP contribution in [0.4, 0.5) is 13.2 Å². The standard InChI is InChI=1S/C13H17F3N2O3S/c1-2-17-7-9-18(10-8-17)22(19,20)12-6-4-3-5-11(12)21-13(14,15)16/h3-6H,2,7-10H2,1H3. The summed E-state index contributed by atoms with van der Waals surface area (Å²) < 4.78 is 67.4. The molecule has 1 aromatic rings. The second kappa shape index (κ2) is 6.43. The van der Waals surface area contributed by atoms with Gasteiger partial charge >= 0.3 is 6.36 Å². The normalized spacial score (nSPS) is 18.4. The highest BCUT2D eigenvalue weighted by atomic mass is 32.2. The molecule has 22 heavy (non-hydrogen) atoms. The minimum absolute atomic E-state index is 0.247. The van der Waals surface area contributed by atoms with Crippen molar-refractivity contribution < 1.29 is 26.3 Å². The van der Waals surface area contributed by atoms with Crippen molar-refractivity contribution in [1.82, 2.24) is 9.21 Å². The third kappa shape index (κ3) is 3.90. The SMILES string of the molecule is CCN1CCN(S(=O)(=O)c2ccccc2OC(F)(F)F)CC1. The molecule has 0 bridgehead atoms. The van der Waals surface area contributed by atoms with Gasteiger partial charge in [0.2, 0.25) is 10.0 Å². The van der Waals surface area contributed by atoms with E-state index in [9.17, 15) is 21.6 Å². The Morgan fingerprint density at radius 3 is 2.27 bits per heavy atom. The van der Waals surface area contributed by atoms with Crippen molar-refractivity contribution in [2.24, 2.45) is 0 Å². The first-order valence-corrected chi connectivity index (χ1v) is 8.25. The molecule has 0 radical (unpaired) electrons. The van der Waals surface area contributed by atoms with Crippen molar-refractivity contribution in [3.05, 3.63) is 24.3 Å². The highest BCUT2D eigenvalue weighted by Gasteiger charge is 2.36. The summed E-state index contributed by atoms with van der Waals surface area (Å²) in [7, 11) is -4.02. The molecule has 5 nitrogen and oxygen atoms in total. The zero-order valence-electron chi connectivity index (χ0n) is 12.0. The molecule has 1 saturated heterocycles. The maximum absolute atomic E-state index is 12.5. The topological polar surface area (TPSA) is 49.9 Å². The maximum Gasteiger partial charge on any atom is 0.573 e. The minimum atomic E-state index is -4.94. The molecule has 0 spiro atoms. The Morgan fingerprint density at radius 2 is 1.73 bits per heavy atom. The molecule has 0 unspecified atom stereocenters. The quantitative estimate of drug-likeness (QED) is 0.842. The smallest absolute Gasteiger partial charge is 0.404 e. The fourth-order valence-corrected chi connectivity index (χ4v) is 3.83. The van der Waals surface area contributed by atoms with Gasteiger partial charge in [0, 0.05) is 26.2 Å². The van der Waals surface area contributed by atoms with Crippen molar-refractivity contribution >= 4 is 10.0 Å². The molecule has 2 rings (SSSR count). The molecule has 0 saturated carbocycles. The number of nitrogens with zero attached hydrogens (tertiary/aromatic N) is 2. The molecule has 0 amide bonds. The van der Waals surface area contributed by atoms with Crippen LogP contribution in [0.25, 0.3) is 0 Å². The Hall–Kier alpha value is -1.32. The molecular weight excluding hydrogens is 321 g/mol. The van der Waals surface area contributed by atoms with Gasteiger partial charge in [-0.3, -0.25) is 0 Å². The molecule has 0 aromatic heterocycles. The number of sulfonamides is 1. The first kappa shape index (κ1) is 17.0. The third-order valence-corrected chi connectivity index (χ3v) is 5.41. The van der Waals surface area contributed by atoms with Crippen LogP contribution >= 0.6 is 0 Å². The number of ether oxygens (including phenoxy) is 1. The summed E-state index contributed by atoms with van der Waals surface area (Å²) in [4.78, 5) is 1.61. The van der Waals surface area contributed by atoms with E-state index in [2.05, 4.69) is 9.64 Å². The van der Waals surface area contributed by atoms with Crippen LogP contribution in [-0.2, 0) is 10.0 Å². The lowest BCUT2D eigenvalue weighted by Gasteiger charge is -2.33. The molecule has 1 aliphatic heterocycles. The first-order valence-electron chi connectivity index (χ1n) is 6.81. The van der Waals surface area contributed by atoms with Crippen LogP contribution in [0.3, 0.4) is 0 Å². The van der Waals surface area contributed by atoms with Crippen molar-refractivity contribution in [3.63, 3.8) is 0 Å². The predicted molar refractivity (Wildman–Crippen MR) is 74.0 cm³/mol. The van der Waals surface area contributed by atoms with Crippen LogP contribution in [0.15, 0.2) is 29.2 Å². The van der Waals surface area contributed by atoms with Gasteiger partial charge in [-0.25, -0.2) is 8.42 Å². The van der Waals surface area contributed by atoms with Crippen LogP contribution in [0.1, 0.15) is 6.92 Å². The van der Waals surface area contributed by atoms with E-state index in [1.54, 1.807) is 0 Å². The Bertz CT molecular complexity index is 611. The molecular formula is C13H17F3N2O3S. The average molecular weight is 338 g/mol. The number of hydrogen-bond donors (Lipinski definition) is 0.